The van der Waals surface area contributed by atoms with Gasteiger partial charge in [-0.05, 0) is 43.3 Å². The maximum Gasteiger partial charge on any atom is 0.258 e. The summed E-state index contributed by atoms with van der Waals surface area (Å²) in [4.78, 5) is 34.6. The van der Waals surface area contributed by atoms with Gasteiger partial charge in [0, 0.05) is 16.0 Å². The first-order chi connectivity index (χ1) is 14.9. The highest BCUT2D eigenvalue weighted by Gasteiger charge is 2.17. The van der Waals surface area contributed by atoms with Crippen molar-refractivity contribution in [3.05, 3.63) is 80.8 Å². The molecule has 0 unspecified atom stereocenters. The molecule has 2 N–H and O–H groups in total. The zero-order valence-corrected chi connectivity index (χ0v) is 19.1. The van der Waals surface area contributed by atoms with Gasteiger partial charge in [-0.15, -0.1) is 11.3 Å². The first-order valence-corrected chi connectivity index (χ1v) is 11.4. The molecule has 2 aromatic carbocycles. The minimum Gasteiger partial charge on any atom is -0.298 e. The van der Waals surface area contributed by atoms with E-state index in [2.05, 4.69) is 20.6 Å². The predicted molar refractivity (Wildman–Crippen MR) is 127 cm³/mol. The molecular formula is C21H14Cl2N4O2S2. The fraction of sp³-hybridized carbons (Fsp3) is 0.0476. The van der Waals surface area contributed by atoms with Crippen molar-refractivity contribution in [3.63, 3.8) is 0 Å². The van der Waals surface area contributed by atoms with Gasteiger partial charge in [0.25, 0.3) is 11.8 Å². The second-order valence-corrected chi connectivity index (χ2v) is 9.07. The molecule has 0 radical (unpaired) electrons. The van der Waals surface area contributed by atoms with Crippen LogP contribution >= 0.6 is 45.9 Å². The van der Waals surface area contributed by atoms with E-state index in [4.69, 9.17) is 23.2 Å². The highest BCUT2D eigenvalue weighted by molar-refractivity contribution is 7.20. The van der Waals surface area contributed by atoms with Crippen LogP contribution < -0.4 is 10.6 Å². The molecule has 0 fully saturated rings. The Bertz CT molecular complexity index is 1270. The highest BCUT2D eigenvalue weighted by atomic mass is 35.5. The number of carbonyl (C=O) groups is 2. The quantitative estimate of drug-likeness (QED) is 0.341. The van der Waals surface area contributed by atoms with Gasteiger partial charge in [0.05, 0.1) is 26.9 Å². The van der Waals surface area contributed by atoms with Gasteiger partial charge in [0.2, 0.25) is 0 Å². The number of nitrogens with zero attached hydrogens (tertiary/aromatic N) is 2. The Balaban J connectivity index is 1.48. The van der Waals surface area contributed by atoms with Crippen LogP contribution in [0.25, 0.3) is 10.6 Å². The molecule has 0 aliphatic heterocycles. The summed E-state index contributed by atoms with van der Waals surface area (Å²) in [5, 5.41) is 9.22. The van der Waals surface area contributed by atoms with Crippen LogP contribution in [-0.2, 0) is 0 Å². The number of hydrogen-bond acceptors (Lipinski definition) is 6. The summed E-state index contributed by atoms with van der Waals surface area (Å²) in [5.74, 6) is -0.605. The van der Waals surface area contributed by atoms with Gasteiger partial charge in [-0.1, -0.05) is 46.7 Å². The van der Waals surface area contributed by atoms with Crippen molar-refractivity contribution in [2.75, 3.05) is 10.6 Å². The van der Waals surface area contributed by atoms with E-state index in [1.165, 1.54) is 22.7 Å². The molecular weight excluding hydrogens is 475 g/mol. The third kappa shape index (κ3) is 4.94. The number of nitrogens with one attached hydrogen (secondary N) is 2. The number of thiazole rings is 2. The topological polar surface area (TPSA) is 84.0 Å². The average Bonchev–Trinajstić information content (AvgIpc) is 3.34. The zero-order valence-electron chi connectivity index (χ0n) is 16.0. The van der Waals surface area contributed by atoms with E-state index in [0.717, 1.165) is 10.6 Å². The van der Waals surface area contributed by atoms with Crippen molar-refractivity contribution in [2.24, 2.45) is 0 Å². The van der Waals surface area contributed by atoms with E-state index in [9.17, 15) is 9.59 Å². The molecule has 6 nitrogen and oxygen atoms in total. The summed E-state index contributed by atoms with van der Waals surface area (Å²) in [5.41, 5.74) is 2.25. The van der Waals surface area contributed by atoms with Crippen molar-refractivity contribution in [2.45, 2.75) is 6.92 Å². The van der Waals surface area contributed by atoms with Crippen LogP contribution in [-0.4, -0.2) is 21.8 Å². The average molecular weight is 489 g/mol. The molecule has 0 aliphatic rings. The first-order valence-electron chi connectivity index (χ1n) is 8.97. The molecule has 0 spiro atoms. The summed E-state index contributed by atoms with van der Waals surface area (Å²) >= 11 is 14.6. The summed E-state index contributed by atoms with van der Waals surface area (Å²) < 4.78 is 0. The summed E-state index contributed by atoms with van der Waals surface area (Å²) in [7, 11) is 0. The van der Waals surface area contributed by atoms with Crippen LogP contribution in [0.2, 0.25) is 10.0 Å². The van der Waals surface area contributed by atoms with Crippen LogP contribution in [0.4, 0.5) is 10.3 Å². The molecule has 4 aromatic rings. The monoisotopic (exact) mass is 488 g/mol. The molecule has 2 aromatic heterocycles. The Morgan fingerprint density at radius 1 is 0.903 bits per heavy atom. The third-order valence-corrected chi connectivity index (χ3v) is 6.63. The number of carbonyl (C=O) groups excluding carboxylic acids is 2. The van der Waals surface area contributed by atoms with E-state index in [1.54, 1.807) is 48.5 Å². The molecule has 0 aliphatic carbocycles. The maximum absolute atomic E-state index is 12.5. The number of amides is 2. The summed E-state index contributed by atoms with van der Waals surface area (Å²) in [6.45, 7) is 1.84. The fourth-order valence-electron chi connectivity index (χ4n) is 2.70. The Kier molecular flexibility index (Phi) is 6.33. The largest absolute Gasteiger partial charge is 0.298 e. The Labute approximate surface area is 195 Å². The molecule has 2 heterocycles. The van der Waals surface area contributed by atoms with E-state index in [0.29, 0.717) is 37.1 Å². The standard InChI is InChI=1S/C21H14Cl2N4O2S2/c1-11-17(31-21(24-11)27-19(29)14-4-2-3-5-15(14)23)16-10-30-20(25-16)26-18(28)12-6-8-13(22)9-7-12/h2-10H,1H3,(H,24,27,29)(H,25,26,28). The summed E-state index contributed by atoms with van der Waals surface area (Å²) in [6, 6.07) is 13.4. The number of aromatic nitrogens is 2. The van der Waals surface area contributed by atoms with Gasteiger partial charge in [0.1, 0.15) is 0 Å². The number of hydrogen-bond donors (Lipinski definition) is 2. The van der Waals surface area contributed by atoms with Gasteiger partial charge >= 0.3 is 0 Å². The second kappa shape index (κ2) is 9.15. The van der Waals surface area contributed by atoms with E-state index < -0.39 is 0 Å². The molecule has 0 atom stereocenters. The van der Waals surface area contributed by atoms with Crippen LogP contribution in [0.1, 0.15) is 26.4 Å². The number of benzene rings is 2. The number of halogens is 2. The van der Waals surface area contributed by atoms with Crippen LogP contribution in [0.5, 0.6) is 0 Å². The van der Waals surface area contributed by atoms with Crippen molar-refractivity contribution >= 4 is 68.0 Å². The van der Waals surface area contributed by atoms with Crippen LogP contribution in [0.15, 0.2) is 53.9 Å². The Hall–Kier alpha value is -2.78. The molecule has 2 amide bonds. The molecule has 0 saturated heterocycles. The van der Waals surface area contributed by atoms with Crippen molar-refractivity contribution in [1.82, 2.24) is 9.97 Å². The van der Waals surface area contributed by atoms with Crippen LogP contribution in [0.3, 0.4) is 0 Å². The van der Waals surface area contributed by atoms with Crippen molar-refractivity contribution < 1.29 is 9.59 Å². The van der Waals surface area contributed by atoms with Crippen LogP contribution in [0, 0.1) is 6.92 Å². The molecule has 0 saturated carbocycles. The lowest BCUT2D eigenvalue weighted by atomic mass is 10.2. The van der Waals surface area contributed by atoms with Crippen molar-refractivity contribution in [1.29, 1.82) is 0 Å². The number of anilines is 2. The first kappa shape index (κ1) is 21.5. The predicted octanol–water partition coefficient (Wildman–Crippen LogP) is 6.39. The van der Waals surface area contributed by atoms with E-state index >= 15 is 0 Å². The molecule has 4 rings (SSSR count). The lowest BCUT2D eigenvalue weighted by Crippen LogP contribution is -2.12. The van der Waals surface area contributed by atoms with Gasteiger partial charge in [-0.25, -0.2) is 9.97 Å². The number of aryl methyl sites for hydroxylation is 1. The van der Waals surface area contributed by atoms with E-state index in [1.807, 2.05) is 12.3 Å². The smallest absolute Gasteiger partial charge is 0.258 e. The second-order valence-electron chi connectivity index (χ2n) is 6.37. The van der Waals surface area contributed by atoms with Gasteiger partial charge in [-0.3, -0.25) is 20.2 Å². The van der Waals surface area contributed by atoms with Crippen molar-refractivity contribution in [3.8, 4) is 10.6 Å². The van der Waals surface area contributed by atoms with Gasteiger partial charge < -0.3 is 0 Å². The van der Waals surface area contributed by atoms with E-state index in [-0.39, 0.29) is 11.8 Å². The SMILES string of the molecule is Cc1nc(NC(=O)c2ccccc2Cl)sc1-c1csc(NC(=O)c2ccc(Cl)cc2)n1. The van der Waals surface area contributed by atoms with Gasteiger partial charge in [0.15, 0.2) is 10.3 Å². The Morgan fingerprint density at radius 2 is 1.61 bits per heavy atom. The minimum atomic E-state index is -0.333. The normalized spacial score (nSPS) is 10.7. The maximum atomic E-state index is 12.5. The minimum absolute atomic E-state index is 0.272. The van der Waals surface area contributed by atoms with Gasteiger partial charge in [-0.2, -0.15) is 0 Å². The fourth-order valence-corrected chi connectivity index (χ4v) is 4.74. The lowest BCUT2D eigenvalue weighted by Gasteiger charge is -2.03. The zero-order chi connectivity index (χ0) is 22.0. The third-order valence-electron chi connectivity index (χ3n) is 4.20. The molecule has 0 bridgehead atoms. The molecule has 156 valence electrons. The summed E-state index contributed by atoms with van der Waals surface area (Å²) in [6.07, 6.45) is 0. The number of rotatable bonds is 5. The lowest BCUT2D eigenvalue weighted by molar-refractivity contribution is 0.101. The molecule has 31 heavy (non-hydrogen) atoms. The highest BCUT2D eigenvalue weighted by Crippen LogP contribution is 2.35. The molecule has 10 heteroatoms. The Morgan fingerprint density at radius 3 is 2.35 bits per heavy atom.